The lowest BCUT2D eigenvalue weighted by Gasteiger charge is -2.19. The van der Waals surface area contributed by atoms with E-state index in [0.29, 0.717) is 32.3 Å². The van der Waals surface area contributed by atoms with Crippen molar-refractivity contribution in [3.05, 3.63) is 29.8 Å². The van der Waals surface area contributed by atoms with E-state index in [2.05, 4.69) is 6.92 Å². The predicted octanol–water partition coefficient (Wildman–Crippen LogP) is 6.62. The molecule has 220 valence electrons. The summed E-state index contributed by atoms with van der Waals surface area (Å²) in [5.41, 5.74) is 1.02. The number of benzene rings is 1. The van der Waals surface area contributed by atoms with Crippen LogP contribution >= 0.6 is 7.82 Å². The number of nitrogens with two attached hydrogens (primary N) is 1. The molecule has 0 aliphatic carbocycles. The maximum atomic E-state index is 12.2. The van der Waals surface area contributed by atoms with Gasteiger partial charge in [0.15, 0.2) is 0 Å². The second kappa shape index (κ2) is 22.6. The van der Waals surface area contributed by atoms with Crippen molar-refractivity contribution in [1.82, 2.24) is 0 Å². The summed E-state index contributed by atoms with van der Waals surface area (Å²) in [5.74, 6) is 0.715. The van der Waals surface area contributed by atoms with Crippen LogP contribution in [0.4, 0.5) is 0 Å². The van der Waals surface area contributed by atoms with Crippen molar-refractivity contribution in [2.45, 2.75) is 110 Å². The Morgan fingerprint density at radius 3 is 2.21 bits per heavy atom. The number of phosphoric ester groups is 1. The number of ether oxygens (including phenoxy) is 1. The first-order chi connectivity index (χ1) is 18.4. The minimum atomic E-state index is -4.14. The van der Waals surface area contributed by atoms with Gasteiger partial charge in [-0.2, -0.15) is 0 Å². The van der Waals surface area contributed by atoms with Gasteiger partial charge >= 0.3 is 7.82 Å². The minimum Gasteiger partial charge on any atom is -0.494 e. The van der Waals surface area contributed by atoms with Crippen LogP contribution in [-0.2, 0) is 24.8 Å². The lowest BCUT2D eigenvalue weighted by Crippen LogP contribution is -2.79. The van der Waals surface area contributed by atoms with Gasteiger partial charge in [-0.25, -0.2) is 4.57 Å². The second-order valence-corrected chi connectivity index (χ2v) is 11.8. The molecule has 8 heteroatoms. The smallest absolute Gasteiger partial charge is 0.472 e. The monoisotopic (exact) mass is 556 g/mol. The van der Waals surface area contributed by atoms with Crippen molar-refractivity contribution in [2.75, 3.05) is 33.4 Å². The third-order valence-corrected chi connectivity index (χ3v) is 7.70. The first kappa shape index (κ1) is 34.8. The topological polar surface area (TPSA) is 98.7 Å². The summed E-state index contributed by atoms with van der Waals surface area (Å²) in [6, 6.07) is 7.90. The van der Waals surface area contributed by atoms with Gasteiger partial charge in [-0.3, -0.25) is 13.8 Å². The van der Waals surface area contributed by atoms with E-state index in [9.17, 15) is 14.3 Å². The summed E-state index contributed by atoms with van der Waals surface area (Å²) < 4.78 is 28.5. The van der Waals surface area contributed by atoms with E-state index in [-0.39, 0.29) is 24.9 Å². The highest BCUT2D eigenvalue weighted by atomic mass is 31.2. The zero-order valence-corrected chi connectivity index (χ0v) is 25.2. The molecule has 1 aromatic carbocycles. The highest BCUT2D eigenvalue weighted by molar-refractivity contribution is 7.47. The SMILES string of the molecule is CCCCCCCCCCCCCOc1cccc(CC(COP(=O)(O)OCCC[NH2+]C)CC(=O)CC)c1. The van der Waals surface area contributed by atoms with Gasteiger partial charge in [0.1, 0.15) is 11.5 Å². The lowest BCUT2D eigenvalue weighted by molar-refractivity contribution is -0.627. The molecule has 1 aromatic rings. The quantitative estimate of drug-likeness (QED) is 0.0983. The van der Waals surface area contributed by atoms with E-state index in [1.54, 1.807) is 0 Å². The normalized spacial score (nSPS) is 13.8. The van der Waals surface area contributed by atoms with E-state index < -0.39 is 7.82 Å². The van der Waals surface area contributed by atoms with Crippen molar-refractivity contribution >= 4 is 13.6 Å². The third-order valence-electron chi connectivity index (χ3n) is 6.72. The fraction of sp³-hybridized carbons (Fsp3) is 0.767. The van der Waals surface area contributed by atoms with Crippen molar-refractivity contribution in [3.8, 4) is 5.75 Å². The molecule has 0 radical (unpaired) electrons. The Morgan fingerprint density at radius 2 is 1.58 bits per heavy atom. The number of rotatable bonds is 26. The Bertz CT molecular complexity index is 775. The molecule has 0 aliphatic rings. The fourth-order valence-corrected chi connectivity index (χ4v) is 5.25. The summed E-state index contributed by atoms with van der Waals surface area (Å²) in [5, 5.41) is 1.98. The number of unbranched alkanes of at least 4 members (excludes halogenated alkanes) is 10. The molecule has 0 spiro atoms. The summed E-state index contributed by atoms with van der Waals surface area (Å²) in [7, 11) is -2.21. The minimum absolute atomic E-state index is 0.0107. The number of hydrogen-bond donors (Lipinski definition) is 2. The summed E-state index contributed by atoms with van der Waals surface area (Å²) in [6.45, 7) is 5.75. The zero-order chi connectivity index (χ0) is 27.9. The Hall–Kier alpha value is -1.24. The van der Waals surface area contributed by atoms with Crippen molar-refractivity contribution in [3.63, 3.8) is 0 Å². The molecular formula is C30H55NO6P+. The lowest BCUT2D eigenvalue weighted by atomic mass is 9.94. The van der Waals surface area contributed by atoms with Crippen LogP contribution in [0.3, 0.4) is 0 Å². The molecule has 0 saturated heterocycles. The Morgan fingerprint density at radius 1 is 0.921 bits per heavy atom. The molecule has 0 heterocycles. The maximum Gasteiger partial charge on any atom is 0.472 e. The molecule has 0 aromatic heterocycles. The summed E-state index contributed by atoms with van der Waals surface area (Å²) in [6.07, 6.45) is 16.3. The van der Waals surface area contributed by atoms with E-state index in [0.717, 1.165) is 24.3 Å². The van der Waals surface area contributed by atoms with Crippen LogP contribution in [0.2, 0.25) is 0 Å². The molecule has 2 atom stereocenters. The van der Waals surface area contributed by atoms with Crippen molar-refractivity contribution < 1.29 is 33.4 Å². The second-order valence-electron chi connectivity index (χ2n) is 10.3. The van der Waals surface area contributed by atoms with Gasteiger partial charge < -0.3 is 14.9 Å². The number of ketones is 1. The van der Waals surface area contributed by atoms with Crippen molar-refractivity contribution in [1.29, 1.82) is 0 Å². The zero-order valence-electron chi connectivity index (χ0n) is 24.3. The van der Waals surface area contributed by atoms with E-state index in [1.165, 1.54) is 64.2 Å². The largest absolute Gasteiger partial charge is 0.494 e. The Balaban J connectivity index is 2.39. The molecule has 2 unspecified atom stereocenters. The Labute approximate surface area is 232 Å². The van der Waals surface area contributed by atoms with E-state index in [1.807, 2.05) is 43.6 Å². The van der Waals surface area contributed by atoms with Crippen LogP contribution in [0.25, 0.3) is 0 Å². The summed E-state index contributed by atoms with van der Waals surface area (Å²) in [4.78, 5) is 22.1. The van der Waals surface area contributed by atoms with Gasteiger partial charge in [-0.15, -0.1) is 0 Å². The molecule has 0 fully saturated rings. The standard InChI is InChI=1S/C30H54NO6P/c1-4-6-7-8-9-10-11-12-13-14-15-21-35-30-19-16-18-27(25-30)23-28(24-29(32)5-2)26-37-38(33,34)36-22-17-20-31-3/h16,18-19,25,28,31H,4-15,17,20-24,26H2,1-3H3,(H,33,34)/p+1. The van der Waals surface area contributed by atoms with Crippen LogP contribution < -0.4 is 10.1 Å². The Kier molecular flexibility index (Phi) is 20.7. The molecule has 0 saturated carbocycles. The number of carbonyl (C=O) groups is 1. The molecular weight excluding hydrogens is 501 g/mol. The van der Waals surface area contributed by atoms with E-state index >= 15 is 0 Å². The first-order valence-corrected chi connectivity index (χ1v) is 16.5. The van der Waals surface area contributed by atoms with Crippen LogP contribution in [0.15, 0.2) is 24.3 Å². The van der Waals surface area contributed by atoms with Crippen molar-refractivity contribution in [2.24, 2.45) is 5.92 Å². The van der Waals surface area contributed by atoms with Gasteiger partial charge in [0.05, 0.1) is 33.4 Å². The van der Waals surface area contributed by atoms with Crippen LogP contribution in [-0.4, -0.2) is 44.1 Å². The molecule has 0 amide bonds. The van der Waals surface area contributed by atoms with Crippen LogP contribution in [0.1, 0.15) is 109 Å². The molecule has 0 aliphatic heterocycles. The van der Waals surface area contributed by atoms with Gasteiger partial charge in [0, 0.05) is 19.3 Å². The molecule has 38 heavy (non-hydrogen) atoms. The van der Waals surface area contributed by atoms with Crippen LogP contribution in [0.5, 0.6) is 5.75 Å². The van der Waals surface area contributed by atoms with Gasteiger partial charge in [-0.1, -0.05) is 90.2 Å². The third kappa shape index (κ3) is 18.9. The predicted molar refractivity (Wildman–Crippen MR) is 155 cm³/mol. The molecule has 3 N–H and O–H groups in total. The average molecular weight is 557 g/mol. The van der Waals surface area contributed by atoms with Crippen LogP contribution in [0, 0.1) is 5.92 Å². The number of quaternary nitrogens is 1. The number of phosphoric acid groups is 1. The first-order valence-electron chi connectivity index (χ1n) is 15.0. The molecule has 7 nitrogen and oxygen atoms in total. The number of carbonyl (C=O) groups excluding carboxylic acids is 1. The average Bonchev–Trinajstić information content (AvgIpc) is 2.90. The maximum absolute atomic E-state index is 12.2. The summed E-state index contributed by atoms with van der Waals surface area (Å²) >= 11 is 0. The highest BCUT2D eigenvalue weighted by Gasteiger charge is 2.24. The molecule has 1 rings (SSSR count). The highest BCUT2D eigenvalue weighted by Crippen LogP contribution is 2.44. The van der Waals surface area contributed by atoms with Gasteiger partial charge in [0.25, 0.3) is 0 Å². The fourth-order valence-electron chi connectivity index (χ4n) is 4.41. The number of hydrogen-bond acceptors (Lipinski definition) is 5. The van der Waals surface area contributed by atoms with E-state index in [4.69, 9.17) is 13.8 Å². The molecule has 0 bridgehead atoms. The van der Waals surface area contributed by atoms with Gasteiger partial charge in [0.2, 0.25) is 0 Å². The number of Topliss-reactive ketones (excluding diaryl/α,β-unsaturated/α-hetero) is 1. The van der Waals surface area contributed by atoms with Gasteiger partial charge in [-0.05, 0) is 36.5 Å².